The molecule has 9 heteroatoms. The highest BCUT2D eigenvalue weighted by molar-refractivity contribution is 7.98. The lowest BCUT2D eigenvalue weighted by Gasteiger charge is -2.20. The van der Waals surface area contributed by atoms with E-state index in [0.29, 0.717) is 39.1 Å². The molecule has 2 aromatic heterocycles. The van der Waals surface area contributed by atoms with Crippen molar-refractivity contribution >= 4 is 46.0 Å². The average Bonchev–Trinajstić information content (AvgIpc) is 3.17. The van der Waals surface area contributed by atoms with Crippen LogP contribution in [0.15, 0.2) is 66.1 Å². The van der Waals surface area contributed by atoms with E-state index in [2.05, 4.69) is 10.3 Å². The number of fused-ring (bicyclic) bond motifs is 1. The summed E-state index contributed by atoms with van der Waals surface area (Å²) in [5.41, 5.74) is 2.47. The molecule has 1 N–H and O–H groups in total. The quantitative estimate of drug-likeness (QED) is 0.305. The molecule has 170 valence electrons. The van der Waals surface area contributed by atoms with Crippen molar-refractivity contribution in [1.29, 1.82) is 0 Å². The van der Waals surface area contributed by atoms with Crippen LogP contribution in [0.3, 0.4) is 0 Å². The van der Waals surface area contributed by atoms with Crippen molar-refractivity contribution in [3.63, 3.8) is 0 Å². The summed E-state index contributed by atoms with van der Waals surface area (Å²) in [6.07, 6.45) is 3.85. The van der Waals surface area contributed by atoms with Gasteiger partial charge in [-0.1, -0.05) is 42.4 Å². The second-order valence-electron chi connectivity index (χ2n) is 7.26. The maximum atomic E-state index is 14.3. The molecule has 0 saturated heterocycles. The summed E-state index contributed by atoms with van der Waals surface area (Å²) in [6.45, 7) is 1.93. The van der Waals surface area contributed by atoms with Gasteiger partial charge in [-0.2, -0.15) is 0 Å². The number of hydrogen-bond acceptors (Lipinski definition) is 5. The van der Waals surface area contributed by atoms with Crippen LogP contribution in [0.2, 0.25) is 5.02 Å². The molecule has 0 aliphatic rings. The number of methoxy groups -OCH3 is 1. The molecule has 2 heterocycles. The summed E-state index contributed by atoms with van der Waals surface area (Å²) in [6, 6.07) is 13.0. The topological polar surface area (TPSA) is 69.0 Å². The predicted octanol–water partition coefficient (Wildman–Crippen LogP) is 6.11. The molecule has 0 bridgehead atoms. The number of nitrogens with zero attached hydrogens (tertiary/aromatic N) is 3. The summed E-state index contributed by atoms with van der Waals surface area (Å²) in [4.78, 5) is 22.2. The van der Waals surface area contributed by atoms with Crippen molar-refractivity contribution in [2.24, 2.45) is 0 Å². The van der Waals surface area contributed by atoms with Crippen LogP contribution in [0.5, 0.6) is 5.75 Å². The molecular formula is C24H22ClFN4O2S. The van der Waals surface area contributed by atoms with E-state index in [1.807, 2.05) is 23.6 Å². The Labute approximate surface area is 200 Å². The Morgan fingerprint density at radius 2 is 2.09 bits per heavy atom. The van der Waals surface area contributed by atoms with Gasteiger partial charge in [0.05, 0.1) is 24.3 Å². The third-order valence-electron chi connectivity index (χ3n) is 5.21. The first-order valence-electron chi connectivity index (χ1n) is 10.3. The monoisotopic (exact) mass is 484 g/mol. The first-order chi connectivity index (χ1) is 16.0. The fourth-order valence-electron chi connectivity index (χ4n) is 3.54. The minimum atomic E-state index is -0.552. The molecule has 0 radical (unpaired) electrons. The van der Waals surface area contributed by atoms with Gasteiger partial charge in [0.15, 0.2) is 5.16 Å². The molecular weight excluding hydrogens is 463 g/mol. The van der Waals surface area contributed by atoms with Crippen LogP contribution in [0.4, 0.5) is 10.1 Å². The Morgan fingerprint density at radius 3 is 2.85 bits per heavy atom. The van der Waals surface area contributed by atoms with Crippen molar-refractivity contribution < 1.29 is 13.9 Å². The molecule has 0 aliphatic carbocycles. The number of ether oxygens (including phenoxy) is 1. The summed E-state index contributed by atoms with van der Waals surface area (Å²) >= 11 is 7.53. The van der Waals surface area contributed by atoms with Gasteiger partial charge in [-0.3, -0.25) is 9.78 Å². The Balaban J connectivity index is 1.67. The highest BCUT2D eigenvalue weighted by Crippen LogP contribution is 2.33. The highest BCUT2D eigenvalue weighted by atomic mass is 35.5. The molecule has 33 heavy (non-hydrogen) atoms. The number of pyridine rings is 1. The number of hydrogen-bond donors (Lipinski definition) is 1. The Morgan fingerprint density at radius 1 is 1.27 bits per heavy atom. The van der Waals surface area contributed by atoms with E-state index in [1.165, 1.54) is 17.8 Å². The molecule has 4 rings (SSSR count). The zero-order valence-corrected chi connectivity index (χ0v) is 19.7. The van der Waals surface area contributed by atoms with Gasteiger partial charge in [0, 0.05) is 34.3 Å². The molecule has 2 aromatic carbocycles. The number of halogens is 2. The largest absolute Gasteiger partial charge is 0.497 e. The van der Waals surface area contributed by atoms with Gasteiger partial charge in [0.1, 0.15) is 17.6 Å². The maximum Gasteiger partial charge on any atom is 0.247 e. The molecule has 0 aliphatic heterocycles. The van der Waals surface area contributed by atoms with Crippen LogP contribution in [0.25, 0.3) is 11.0 Å². The number of anilines is 1. The predicted molar refractivity (Wildman–Crippen MR) is 129 cm³/mol. The van der Waals surface area contributed by atoms with E-state index >= 15 is 0 Å². The molecule has 4 aromatic rings. The maximum absolute atomic E-state index is 14.3. The molecule has 6 nitrogen and oxygen atoms in total. The van der Waals surface area contributed by atoms with E-state index in [9.17, 15) is 9.18 Å². The summed E-state index contributed by atoms with van der Waals surface area (Å²) < 4.78 is 21.4. The third kappa shape index (κ3) is 4.96. The van der Waals surface area contributed by atoms with Crippen molar-refractivity contribution in [1.82, 2.24) is 14.5 Å². The second-order valence-corrected chi connectivity index (χ2v) is 8.61. The third-order valence-corrected chi connectivity index (χ3v) is 6.54. The van der Waals surface area contributed by atoms with Crippen LogP contribution in [-0.2, 0) is 10.5 Å². The second kappa shape index (κ2) is 10.2. The number of imidazole rings is 1. The molecule has 0 saturated carbocycles. The van der Waals surface area contributed by atoms with Gasteiger partial charge >= 0.3 is 0 Å². The van der Waals surface area contributed by atoms with Crippen molar-refractivity contribution in [2.75, 3.05) is 12.4 Å². The van der Waals surface area contributed by atoms with Crippen LogP contribution >= 0.6 is 23.4 Å². The highest BCUT2D eigenvalue weighted by Gasteiger charge is 2.25. The van der Waals surface area contributed by atoms with Crippen molar-refractivity contribution in [3.05, 3.63) is 77.3 Å². The van der Waals surface area contributed by atoms with E-state index in [0.717, 1.165) is 5.52 Å². The fourth-order valence-corrected chi connectivity index (χ4v) is 4.94. The van der Waals surface area contributed by atoms with Gasteiger partial charge in [-0.15, -0.1) is 0 Å². The average molecular weight is 485 g/mol. The standard InChI is InChI=1S/C24H22ClFN4O2S/c1-3-21(23(31)28-15-6-4-7-16(12-15)32-2)30-22-13-27-11-10-20(22)29-24(30)33-14-17-18(25)8-5-9-19(17)26/h4-13,21H,3,14H2,1-2H3,(H,28,31)/t21-/m1/s1. The Hall–Kier alpha value is -3.10. The molecule has 0 unspecified atom stereocenters. The Kier molecular flexibility index (Phi) is 7.15. The fraction of sp³-hybridized carbons (Fsp3) is 0.208. The minimum Gasteiger partial charge on any atom is -0.497 e. The van der Waals surface area contributed by atoms with Crippen LogP contribution < -0.4 is 10.1 Å². The smallest absolute Gasteiger partial charge is 0.247 e. The Bertz CT molecular complexity index is 1280. The summed E-state index contributed by atoms with van der Waals surface area (Å²) in [7, 11) is 1.58. The van der Waals surface area contributed by atoms with Gasteiger partial charge in [0.2, 0.25) is 5.91 Å². The van der Waals surface area contributed by atoms with Crippen molar-refractivity contribution in [2.45, 2.75) is 30.3 Å². The number of thioether (sulfide) groups is 1. The van der Waals surface area contributed by atoms with Gasteiger partial charge in [-0.25, -0.2) is 9.37 Å². The minimum absolute atomic E-state index is 0.195. The van der Waals surface area contributed by atoms with Gasteiger partial charge in [0.25, 0.3) is 0 Å². The lowest BCUT2D eigenvalue weighted by atomic mass is 10.2. The molecule has 1 atom stereocenters. The number of carbonyl (C=O) groups excluding carboxylic acids is 1. The van der Waals surface area contributed by atoms with Crippen LogP contribution in [0.1, 0.15) is 24.9 Å². The molecule has 1 amide bonds. The number of carbonyl (C=O) groups is 1. The normalized spacial score (nSPS) is 12.0. The SMILES string of the molecule is CC[C@H](C(=O)Nc1cccc(OC)c1)n1c(SCc2c(F)cccc2Cl)nc2ccncc21. The first-order valence-corrected chi connectivity index (χ1v) is 11.7. The zero-order chi connectivity index (χ0) is 23.4. The zero-order valence-electron chi connectivity index (χ0n) is 18.1. The first kappa shape index (κ1) is 23.1. The van der Waals surface area contributed by atoms with E-state index < -0.39 is 6.04 Å². The number of nitrogens with one attached hydrogen (secondary N) is 1. The lowest BCUT2D eigenvalue weighted by molar-refractivity contribution is -0.119. The lowest BCUT2D eigenvalue weighted by Crippen LogP contribution is -2.26. The van der Waals surface area contributed by atoms with Crippen LogP contribution in [-0.4, -0.2) is 27.6 Å². The van der Waals surface area contributed by atoms with Crippen LogP contribution in [0, 0.1) is 5.82 Å². The number of rotatable bonds is 8. The van der Waals surface area contributed by atoms with Crippen molar-refractivity contribution in [3.8, 4) is 5.75 Å². The van der Waals surface area contributed by atoms with E-state index in [4.69, 9.17) is 21.3 Å². The van der Waals surface area contributed by atoms with E-state index in [1.54, 1.807) is 49.8 Å². The number of aromatic nitrogens is 3. The summed E-state index contributed by atoms with van der Waals surface area (Å²) in [5, 5.41) is 3.91. The van der Waals surface area contributed by atoms with Gasteiger partial charge in [-0.05, 0) is 36.8 Å². The molecule has 0 fully saturated rings. The van der Waals surface area contributed by atoms with E-state index in [-0.39, 0.29) is 17.5 Å². The number of amides is 1. The number of benzene rings is 2. The molecule has 0 spiro atoms. The van der Waals surface area contributed by atoms with Gasteiger partial charge < -0.3 is 14.6 Å². The summed E-state index contributed by atoms with van der Waals surface area (Å²) in [5.74, 6) is 0.355.